The van der Waals surface area contributed by atoms with Gasteiger partial charge in [0.1, 0.15) is 0 Å². The Bertz CT molecular complexity index is 1010. The van der Waals surface area contributed by atoms with E-state index in [9.17, 15) is 4.79 Å². The molecule has 1 aromatic heterocycles. The van der Waals surface area contributed by atoms with Crippen molar-refractivity contribution in [3.8, 4) is 11.5 Å². The first-order valence-electron chi connectivity index (χ1n) is 11.8. The summed E-state index contributed by atoms with van der Waals surface area (Å²) >= 11 is 0. The monoisotopic (exact) mass is 501 g/mol. The zero-order valence-corrected chi connectivity index (χ0v) is 20.5. The van der Waals surface area contributed by atoms with Crippen molar-refractivity contribution in [2.45, 2.75) is 6.92 Å². The van der Waals surface area contributed by atoms with Crippen LogP contribution in [-0.2, 0) is 19.0 Å². The topological polar surface area (TPSA) is 133 Å². The number of anilines is 3. The van der Waals surface area contributed by atoms with E-state index >= 15 is 0 Å². The Kier molecular flexibility index (Phi) is 9.05. The highest BCUT2D eigenvalue weighted by atomic mass is 16.6. The zero-order valence-electron chi connectivity index (χ0n) is 20.5. The van der Waals surface area contributed by atoms with Crippen molar-refractivity contribution < 1.29 is 28.5 Å². The first-order chi connectivity index (χ1) is 17.7. The summed E-state index contributed by atoms with van der Waals surface area (Å²) in [6.07, 6.45) is 1.60. The minimum Gasteiger partial charge on any atom is -0.493 e. The normalized spacial score (nSPS) is 16.2. The quantitative estimate of drug-likeness (QED) is 0.282. The van der Waals surface area contributed by atoms with Crippen LogP contribution in [0.2, 0.25) is 0 Å². The molecule has 2 fully saturated rings. The molecule has 0 amide bonds. The summed E-state index contributed by atoms with van der Waals surface area (Å²) in [5.74, 6) is 1.92. The molecule has 36 heavy (non-hydrogen) atoms. The molecule has 2 aliphatic heterocycles. The minimum absolute atomic E-state index is 0.220. The summed E-state index contributed by atoms with van der Waals surface area (Å²) in [7, 11) is 1.53. The molecule has 0 bridgehead atoms. The molecule has 4 rings (SSSR count). The van der Waals surface area contributed by atoms with E-state index in [1.54, 1.807) is 25.3 Å². The Labute approximate surface area is 209 Å². The van der Waals surface area contributed by atoms with E-state index in [0.29, 0.717) is 82.0 Å². The number of carbonyl (C=O) groups is 1. The van der Waals surface area contributed by atoms with Crippen LogP contribution in [0, 0.1) is 0 Å². The van der Waals surface area contributed by atoms with Gasteiger partial charge in [-0.1, -0.05) is 0 Å². The van der Waals surface area contributed by atoms with E-state index < -0.39 is 5.97 Å². The second-order valence-electron chi connectivity index (χ2n) is 7.83. The molecule has 194 valence electrons. The summed E-state index contributed by atoms with van der Waals surface area (Å²) in [5.41, 5.74) is 3.63. The maximum atomic E-state index is 11.6. The van der Waals surface area contributed by atoms with Gasteiger partial charge >= 0.3 is 5.97 Å². The molecule has 1 N–H and O–H groups in total. The Balaban J connectivity index is 1.49. The number of nitrogens with zero attached hydrogens (tertiary/aromatic N) is 6. The van der Waals surface area contributed by atoms with Gasteiger partial charge in [-0.2, -0.15) is 20.1 Å². The second-order valence-corrected chi connectivity index (χ2v) is 7.83. The summed E-state index contributed by atoms with van der Waals surface area (Å²) < 4.78 is 26.7. The Morgan fingerprint density at radius 1 is 1.03 bits per heavy atom. The lowest BCUT2D eigenvalue weighted by Gasteiger charge is -2.30. The van der Waals surface area contributed by atoms with Crippen LogP contribution < -0.4 is 24.7 Å². The van der Waals surface area contributed by atoms with Crippen molar-refractivity contribution in [3.63, 3.8) is 0 Å². The number of carbonyl (C=O) groups excluding carboxylic acids is 1. The molecule has 1 aromatic carbocycles. The molecule has 13 nitrogen and oxygen atoms in total. The predicted molar refractivity (Wildman–Crippen MR) is 132 cm³/mol. The lowest BCUT2D eigenvalue weighted by atomic mass is 10.2. The maximum Gasteiger partial charge on any atom is 0.344 e. The predicted octanol–water partition coefficient (Wildman–Crippen LogP) is 0.941. The number of hydrogen-bond donors (Lipinski definition) is 1. The van der Waals surface area contributed by atoms with Crippen molar-refractivity contribution in [3.05, 3.63) is 23.8 Å². The number of nitrogens with one attached hydrogen (secondary N) is 1. The minimum atomic E-state index is -0.456. The molecule has 3 heterocycles. The molecular formula is C23H31N7O6. The number of benzene rings is 1. The van der Waals surface area contributed by atoms with Crippen LogP contribution in [0.4, 0.5) is 17.8 Å². The molecule has 0 saturated carbocycles. The first kappa shape index (κ1) is 25.4. The number of morpholine rings is 2. The van der Waals surface area contributed by atoms with Crippen LogP contribution in [0.25, 0.3) is 0 Å². The van der Waals surface area contributed by atoms with Crippen molar-refractivity contribution in [2.75, 3.05) is 88.2 Å². The van der Waals surface area contributed by atoms with Crippen LogP contribution in [0.3, 0.4) is 0 Å². The molecule has 0 spiro atoms. The van der Waals surface area contributed by atoms with E-state index in [0.717, 1.165) is 5.56 Å². The first-order valence-corrected chi connectivity index (χ1v) is 11.8. The van der Waals surface area contributed by atoms with Gasteiger partial charge in [-0.05, 0) is 30.7 Å². The van der Waals surface area contributed by atoms with Crippen molar-refractivity contribution in [2.24, 2.45) is 5.10 Å². The van der Waals surface area contributed by atoms with E-state index in [2.05, 4.69) is 35.3 Å². The van der Waals surface area contributed by atoms with Gasteiger partial charge in [0, 0.05) is 26.2 Å². The van der Waals surface area contributed by atoms with Crippen molar-refractivity contribution in [1.29, 1.82) is 0 Å². The summed E-state index contributed by atoms with van der Waals surface area (Å²) in [4.78, 5) is 29.6. The SMILES string of the molecule is CCOC(=O)COc1cc(/C=N/Nc2nc(N3CCOCC3)nc(N3CCOCC3)n2)ccc1OC. The molecule has 13 heteroatoms. The Morgan fingerprint density at radius 3 is 2.25 bits per heavy atom. The largest absolute Gasteiger partial charge is 0.493 e. The fourth-order valence-corrected chi connectivity index (χ4v) is 3.60. The van der Waals surface area contributed by atoms with E-state index in [4.69, 9.17) is 23.7 Å². The number of hydrazone groups is 1. The number of hydrogen-bond acceptors (Lipinski definition) is 13. The van der Waals surface area contributed by atoms with Gasteiger partial charge < -0.3 is 33.5 Å². The van der Waals surface area contributed by atoms with Crippen molar-refractivity contribution in [1.82, 2.24) is 15.0 Å². The fourth-order valence-electron chi connectivity index (χ4n) is 3.60. The van der Waals surface area contributed by atoms with Gasteiger partial charge in [0.2, 0.25) is 17.8 Å². The van der Waals surface area contributed by atoms with Crippen molar-refractivity contribution >= 4 is 30.0 Å². The van der Waals surface area contributed by atoms with Gasteiger partial charge in [-0.3, -0.25) is 0 Å². The van der Waals surface area contributed by atoms with Gasteiger partial charge in [-0.25, -0.2) is 10.2 Å². The van der Waals surface area contributed by atoms with Gasteiger partial charge in [0.15, 0.2) is 18.1 Å². The highest BCUT2D eigenvalue weighted by molar-refractivity contribution is 5.81. The molecule has 0 unspecified atom stereocenters. The van der Waals surface area contributed by atoms with E-state index in [1.807, 2.05) is 6.07 Å². The lowest BCUT2D eigenvalue weighted by Crippen LogP contribution is -2.40. The number of aromatic nitrogens is 3. The molecular weight excluding hydrogens is 470 g/mol. The molecule has 0 atom stereocenters. The molecule has 2 aromatic rings. The maximum absolute atomic E-state index is 11.6. The van der Waals surface area contributed by atoms with Crippen LogP contribution in [0.5, 0.6) is 11.5 Å². The number of esters is 1. The smallest absolute Gasteiger partial charge is 0.344 e. The van der Waals surface area contributed by atoms with Gasteiger partial charge in [-0.15, -0.1) is 0 Å². The fraction of sp³-hybridized carbons (Fsp3) is 0.522. The summed E-state index contributed by atoms with van der Waals surface area (Å²) in [6, 6.07) is 5.26. The highest BCUT2D eigenvalue weighted by Crippen LogP contribution is 2.27. The van der Waals surface area contributed by atoms with E-state index in [1.165, 1.54) is 7.11 Å². The molecule has 2 aliphatic rings. The number of rotatable bonds is 10. The van der Waals surface area contributed by atoms with Crippen LogP contribution >= 0.6 is 0 Å². The standard InChI is InChI=1S/C23H31N7O6/c1-3-35-20(31)16-36-19-14-17(4-5-18(19)32-2)15-24-28-21-25-22(29-6-10-33-11-7-29)27-23(26-21)30-8-12-34-13-9-30/h4-5,14-15H,3,6-13,16H2,1-2H3,(H,25,26,27,28)/b24-15+. The average Bonchev–Trinajstić information content (AvgIpc) is 2.93. The molecule has 0 radical (unpaired) electrons. The van der Waals surface area contributed by atoms with Crippen LogP contribution in [0.15, 0.2) is 23.3 Å². The molecule has 0 aliphatic carbocycles. The third-order valence-corrected chi connectivity index (χ3v) is 5.42. The average molecular weight is 502 g/mol. The van der Waals surface area contributed by atoms with Crippen LogP contribution in [0.1, 0.15) is 12.5 Å². The third kappa shape index (κ3) is 6.92. The Morgan fingerprint density at radius 2 is 1.67 bits per heavy atom. The highest BCUT2D eigenvalue weighted by Gasteiger charge is 2.20. The second kappa shape index (κ2) is 12.8. The third-order valence-electron chi connectivity index (χ3n) is 5.42. The summed E-state index contributed by atoms with van der Waals surface area (Å²) in [5, 5.41) is 4.30. The number of methoxy groups -OCH3 is 1. The van der Waals surface area contributed by atoms with Crippen LogP contribution in [-0.4, -0.2) is 100 Å². The van der Waals surface area contributed by atoms with Gasteiger partial charge in [0.05, 0.1) is 46.4 Å². The zero-order chi connectivity index (χ0) is 25.2. The van der Waals surface area contributed by atoms with E-state index in [-0.39, 0.29) is 13.2 Å². The lowest BCUT2D eigenvalue weighted by molar-refractivity contribution is -0.145. The number of ether oxygens (including phenoxy) is 5. The Hall–Kier alpha value is -3.71. The molecule has 2 saturated heterocycles. The van der Waals surface area contributed by atoms with Gasteiger partial charge in [0.25, 0.3) is 0 Å². The summed E-state index contributed by atoms with van der Waals surface area (Å²) in [6.45, 7) is 7.11.